The third-order valence-electron chi connectivity index (χ3n) is 3.49. The zero-order valence-electron chi connectivity index (χ0n) is 11.3. The first-order valence-corrected chi connectivity index (χ1v) is 6.58. The van der Waals surface area contributed by atoms with Crippen molar-refractivity contribution in [2.45, 2.75) is 25.6 Å². The fourth-order valence-corrected chi connectivity index (χ4v) is 2.38. The van der Waals surface area contributed by atoms with Crippen molar-refractivity contribution in [1.29, 1.82) is 0 Å². The molecule has 1 unspecified atom stereocenters. The zero-order chi connectivity index (χ0) is 13.9. The number of benzene rings is 2. The normalized spacial score (nSPS) is 13.5. The van der Waals surface area contributed by atoms with E-state index in [1.54, 1.807) is 0 Å². The van der Waals surface area contributed by atoms with Crippen LogP contribution in [0.3, 0.4) is 0 Å². The van der Waals surface area contributed by atoms with E-state index < -0.39 is 11.7 Å². The van der Waals surface area contributed by atoms with Crippen LogP contribution < -0.4 is 0 Å². The second-order valence-corrected chi connectivity index (χ2v) is 5.19. The first-order valence-electron chi connectivity index (χ1n) is 6.58. The van der Waals surface area contributed by atoms with Crippen molar-refractivity contribution in [2.24, 2.45) is 5.92 Å². The van der Waals surface area contributed by atoms with E-state index in [0.29, 0.717) is 11.1 Å². The lowest BCUT2D eigenvalue weighted by atomic mass is 9.78. The van der Waals surface area contributed by atoms with Gasteiger partial charge in [-0.1, -0.05) is 74.5 Å². The molecular weight excluding hydrogens is 236 g/mol. The topological polar surface area (TPSA) is 40.5 Å². The van der Waals surface area contributed by atoms with E-state index in [9.17, 15) is 10.2 Å². The number of rotatable bonds is 4. The predicted octanol–water partition coefficient (Wildman–Crippen LogP) is 2.94. The van der Waals surface area contributed by atoms with Crippen LogP contribution in [0.4, 0.5) is 0 Å². The molecule has 0 saturated carbocycles. The minimum absolute atomic E-state index is 0.0505. The molecule has 19 heavy (non-hydrogen) atoms. The van der Waals surface area contributed by atoms with Gasteiger partial charge in [0.1, 0.15) is 5.60 Å². The van der Waals surface area contributed by atoms with Crippen LogP contribution in [-0.4, -0.2) is 16.3 Å². The summed E-state index contributed by atoms with van der Waals surface area (Å²) in [6.07, 6.45) is -0.864. The number of hydrogen-bond acceptors (Lipinski definition) is 2. The zero-order valence-corrected chi connectivity index (χ0v) is 11.3. The Labute approximate surface area is 114 Å². The Kier molecular flexibility index (Phi) is 4.03. The summed E-state index contributed by atoms with van der Waals surface area (Å²) < 4.78 is 0. The van der Waals surface area contributed by atoms with Crippen LogP contribution >= 0.6 is 0 Å². The summed E-state index contributed by atoms with van der Waals surface area (Å²) in [6.45, 7) is 3.81. The smallest absolute Gasteiger partial charge is 0.141 e. The van der Waals surface area contributed by atoms with E-state index in [2.05, 4.69) is 0 Å². The molecule has 0 heterocycles. The fourth-order valence-electron chi connectivity index (χ4n) is 2.38. The van der Waals surface area contributed by atoms with Gasteiger partial charge in [-0.15, -0.1) is 0 Å². The van der Waals surface area contributed by atoms with Crippen molar-refractivity contribution >= 4 is 0 Å². The third kappa shape index (κ3) is 2.55. The second kappa shape index (κ2) is 5.55. The first kappa shape index (κ1) is 13.8. The molecule has 0 fully saturated rings. The Balaban J connectivity index is 2.57. The van der Waals surface area contributed by atoms with Crippen molar-refractivity contribution in [1.82, 2.24) is 0 Å². The Morgan fingerprint density at radius 3 is 1.47 bits per heavy atom. The lowest BCUT2D eigenvalue weighted by molar-refractivity contribution is -0.0717. The van der Waals surface area contributed by atoms with Crippen LogP contribution in [0.25, 0.3) is 0 Å². The standard InChI is InChI=1S/C17H20O2/c1-13(2)16(18)17(19,14-9-5-3-6-10-14)15-11-7-4-8-12-15/h3-13,16,18-19H,1-2H3. The molecule has 1 atom stereocenters. The highest BCUT2D eigenvalue weighted by atomic mass is 16.3. The summed E-state index contributed by atoms with van der Waals surface area (Å²) in [5, 5.41) is 21.6. The molecule has 0 radical (unpaired) electrons. The molecule has 0 aromatic heterocycles. The summed E-state index contributed by atoms with van der Waals surface area (Å²) in [4.78, 5) is 0. The van der Waals surface area contributed by atoms with Crippen LogP contribution in [-0.2, 0) is 5.60 Å². The van der Waals surface area contributed by atoms with Crippen molar-refractivity contribution in [3.05, 3.63) is 71.8 Å². The average molecular weight is 256 g/mol. The quantitative estimate of drug-likeness (QED) is 0.883. The van der Waals surface area contributed by atoms with E-state index in [-0.39, 0.29) is 5.92 Å². The van der Waals surface area contributed by atoms with Gasteiger partial charge in [0.2, 0.25) is 0 Å². The fraction of sp³-hybridized carbons (Fsp3) is 0.294. The van der Waals surface area contributed by atoms with Gasteiger partial charge < -0.3 is 10.2 Å². The maximum absolute atomic E-state index is 11.1. The third-order valence-corrected chi connectivity index (χ3v) is 3.49. The van der Waals surface area contributed by atoms with Crippen molar-refractivity contribution in [3.8, 4) is 0 Å². The van der Waals surface area contributed by atoms with Gasteiger partial charge in [-0.3, -0.25) is 0 Å². The molecule has 2 heteroatoms. The van der Waals surface area contributed by atoms with E-state index in [1.807, 2.05) is 74.5 Å². The maximum Gasteiger partial charge on any atom is 0.141 e. The van der Waals surface area contributed by atoms with Gasteiger partial charge in [0.05, 0.1) is 6.10 Å². The molecule has 0 saturated heterocycles. The molecule has 2 rings (SSSR count). The Morgan fingerprint density at radius 2 is 1.16 bits per heavy atom. The van der Waals surface area contributed by atoms with Gasteiger partial charge in [0, 0.05) is 0 Å². The minimum atomic E-state index is -1.38. The summed E-state index contributed by atoms with van der Waals surface area (Å²) in [7, 11) is 0. The largest absolute Gasteiger partial charge is 0.389 e. The Hall–Kier alpha value is -1.64. The molecule has 0 bridgehead atoms. The molecular formula is C17H20O2. The number of aliphatic hydroxyl groups is 2. The number of hydrogen-bond donors (Lipinski definition) is 2. The molecule has 2 aromatic carbocycles. The van der Waals surface area contributed by atoms with Crippen molar-refractivity contribution in [3.63, 3.8) is 0 Å². The predicted molar refractivity (Wildman–Crippen MR) is 76.7 cm³/mol. The van der Waals surface area contributed by atoms with E-state index in [4.69, 9.17) is 0 Å². The van der Waals surface area contributed by atoms with Crippen molar-refractivity contribution < 1.29 is 10.2 Å². The van der Waals surface area contributed by atoms with E-state index >= 15 is 0 Å². The summed E-state index contributed by atoms with van der Waals surface area (Å²) in [5.41, 5.74) is 0.0428. The van der Waals surface area contributed by atoms with Gasteiger partial charge in [0.15, 0.2) is 0 Å². The van der Waals surface area contributed by atoms with Gasteiger partial charge in [-0.05, 0) is 17.0 Å². The van der Waals surface area contributed by atoms with Gasteiger partial charge in [0.25, 0.3) is 0 Å². The van der Waals surface area contributed by atoms with E-state index in [1.165, 1.54) is 0 Å². The lowest BCUT2D eigenvalue weighted by Gasteiger charge is -2.36. The highest BCUT2D eigenvalue weighted by molar-refractivity contribution is 5.37. The monoisotopic (exact) mass is 256 g/mol. The van der Waals surface area contributed by atoms with Gasteiger partial charge in [-0.25, -0.2) is 0 Å². The Bertz CT molecular complexity index is 466. The molecule has 2 aromatic rings. The van der Waals surface area contributed by atoms with Crippen molar-refractivity contribution in [2.75, 3.05) is 0 Å². The molecule has 0 aliphatic heterocycles. The van der Waals surface area contributed by atoms with Crippen LogP contribution in [0, 0.1) is 5.92 Å². The molecule has 0 amide bonds. The second-order valence-electron chi connectivity index (χ2n) is 5.19. The first-order chi connectivity index (χ1) is 9.06. The highest BCUT2D eigenvalue weighted by Gasteiger charge is 2.40. The summed E-state index contributed by atoms with van der Waals surface area (Å²) in [5.74, 6) is -0.0505. The minimum Gasteiger partial charge on any atom is -0.389 e. The SMILES string of the molecule is CC(C)C(O)C(O)(c1ccccc1)c1ccccc1. The molecule has 2 N–H and O–H groups in total. The van der Waals surface area contributed by atoms with Gasteiger partial charge in [-0.2, -0.15) is 0 Å². The van der Waals surface area contributed by atoms with Crippen LogP contribution in [0.2, 0.25) is 0 Å². The Morgan fingerprint density at radius 1 is 0.789 bits per heavy atom. The molecule has 100 valence electrons. The van der Waals surface area contributed by atoms with Crippen LogP contribution in [0.1, 0.15) is 25.0 Å². The molecule has 0 spiro atoms. The average Bonchev–Trinajstić information content (AvgIpc) is 2.47. The lowest BCUT2D eigenvalue weighted by Crippen LogP contribution is -2.43. The highest BCUT2D eigenvalue weighted by Crippen LogP contribution is 2.35. The molecule has 2 nitrogen and oxygen atoms in total. The maximum atomic E-state index is 11.1. The number of aliphatic hydroxyl groups excluding tert-OH is 1. The van der Waals surface area contributed by atoms with Gasteiger partial charge >= 0.3 is 0 Å². The summed E-state index contributed by atoms with van der Waals surface area (Å²) >= 11 is 0. The molecule has 0 aliphatic carbocycles. The van der Waals surface area contributed by atoms with E-state index in [0.717, 1.165) is 0 Å². The van der Waals surface area contributed by atoms with Crippen LogP contribution in [0.5, 0.6) is 0 Å². The summed E-state index contributed by atoms with van der Waals surface area (Å²) in [6, 6.07) is 18.7. The van der Waals surface area contributed by atoms with Crippen LogP contribution in [0.15, 0.2) is 60.7 Å². The molecule has 0 aliphatic rings.